The lowest BCUT2D eigenvalue weighted by Crippen LogP contribution is -2.50. The first-order chi connectivity index (χ1) is 6.82. The van der Waals surface area contributed by atoms with Crippen LogP contribution in [-0.4, -0.2) is 40.4 Å². The molecular weight excluding hydrogens is 194 g/mol. The molecule has 0 radical (unpaired) electrons. The maximum Gasteiger partial charge on any atom is 0.253 e. The second kappa shape index (κ2) is 4.31. The molecule has 4 nitrogen and oxygen atoms in total. The first kappa shape index (κ1) is 12.2. The van der Waals surface area contributed by atoms with E-state index in [-0.39, 0.29) is 17.6 Å². The molecule has 0 spiro atoms. The van der Waals surface area contributed by atoms with Crippen LogP contribution in [0.4, 0.5) is 0 Å². The molecule has 1 unspecified atom stereocenters. The van der Waals surface area contributed by atoms with Crippen molar-refractivity contribution in [1.29, 1.82) is 0 Å². The highest BCUT2D eigenvalue weighted by molar-refractivity contribution is 5.85. The number of piperidine rings is 1. The normalized spacial score (nSPS) is 22.7. The molecule has 1 atom stereocenters. The summed E-state index contributed by atoms with van der Waals surface area (Å²) in [7, 11) is 0. The first-order valence-electron chi connectivity index (χ1n) is 5.34. The minimum absolute atomic E-state index is 0.0509. The van der Waals surface area contributed by atoms with Crippen molar-refractivity contribution >= 4 is 11.7 Å². The molecule has 1 amide bonds. The second-order valence-corrected chi connectivity index (χ2v) is 4.76. The molecule has 1 N–H and O–H groups in total. The fraction of sp³-hybridized carbons (Fsp3) is 0.818. The summed E-state index contributed by atoms with van der Waals surface area (Å²) in [5.74, 6) is -0.207. The van der Waals surface area contributed by atoms with Gasteiger partial charge in [0.15, 0.2) is 0 Å². The number of ketones is 1. The summed E-state index contributed by atoms with van der Waals surface area (Å²) in [5, 5.41) is 9.59. The van der Waals surface area contributed by atoms with Crippen molar-refractivity contribution in [1.82, 2.24) is 4.90 Å². The Hall–Kier alpha value is -0.900. The van der Waals surface area contributed by atoms with Gasteiger partial charge in [-0.3, -0.25) is 9.59 Å². The highest BCUT2D eigenvalue weighted by atomic mass is 16.3. The molecule has 0 aromatic carbocycles. The molecule has 1 aliphatic heterocycles. The van der Waals surface area contributed by atoms with E-state index in [4.69, 9.17) is 0 Å². The zero-order valence-corrected chi connectivity index (χ0v) is 9.62. The molecule has 1 saturated heterocycles. The van der Waals surface area contributed by atoms with Crippen LogP contribution < -0.4 is 0 Å². The maximum atomic E-state index is 11.8. The summed E-state index contributed by atoms with van der Waals surface area (Å²) in [4.78, 5) is 24.6. The van der Waals surface area contributed by atoms with E-state index in [1.54, 1.807) is 11.8 Å². The van der Waals surface area contributed by atoms with Gasteiger partial charge in [0.1, 0.15) is 11.4 Å². The van der Waals surface area contributed by atoms with Crippen LogP contribution in [0.15, 0.2) is 0 Å². The molecule has 15 heavy (non-hydrogen) atoms. The summed E-state index contributed by atoms with van der Waals surface area (Å²) >= 11 is 0. The minimum Gasteiger partial charge on any atom is -0.381 e. The van der Waals surface area contributed by atoms with Gasteiger partial charge in [0.2, 0.25) is 0 Å². The SMILES string of the molecule is CC(=O)C1CCCN(C(=O)C(C)(C)O)C1. The van der Waals surface area contributed by atoms with Crippen molar-refractivity contribution in [2.24, 2.45) is 5.92 Å². The Morgan fingerprint density at radius 1 is 1.40 bits per heavy atom. The largest absolute Gasteiger partial charge is 0.381 e. The smallest absolute Gasteiger partial charge is 0.253 e. The minimum atomic E-state index is -1.33. The van der Waals surface area contributed by atoms with Gasteiger partial charge in [0.05, 0.1) is 0 Å². The average Bonchev–Trinajstić information content (AvgIpc) is 2.15. The second-order valence-electron chi connectivity index (χ2n) is 4.76. The lowest BCUT2D eigenvalue weighted by molar-refractivity contribution is -0.150. The lowest BCUT2D eigenvalue weighted by atomic mass is 9.93. The third-order valence-corrected chi connectivity index (χ3v) is 2.81. The number of aliphatic hydroxyl groups is 1. The van der Waals surface area contributed by atoms with Gasteiger partial charge in [0.25, 0.3) is 5.91 Å². The monoisotopic (exact) mass is 213 g/mol. The van der Waals surface area contributed by atoms with E-state index in [1.165, 1.54) is 13.8 Å². The van der Waals surface area contributed by atoms with Gasteiger partial charge >= 0.3 is 0 Å². The number of carbonyl (C=O) groups is 2. The first-order valence-corrected chi connectivity index (χ1v) is 5.34. The van der Waals surface area contributed by atoms with Crippen LogP contribution in [0.5, 0.6) is 0 Å². The van der Waals surface area contributed by atoms with E-state index in [9.17, 15) is 14.7 Å². The third-order valence-electron chi connectivity index (χ3n) is 2.81. The number of nitrogens with zero attached hydrogens (tertiary/aromatic N) is 1. The quantitative estimate of drug-likeness (QED) is 0.730. The molecule has 0 aromatic rings. The van der Waals surface area contributed by atoms with E-state index in [0.717, 1.165) is 12.8 Å². The lowest BCUT2D eigenvalue weighted by Gasteiger charge is -2.34. The van der Waals surface area contributed by atoms with Crippen molar-refractivity contribution in [3.8, 4) is 0 Å². The number of likely N-dealkylation sites (tertiary alicyclic amines) is 1. The van der Waals surface area contributed by atoms with Crippen molar-refractivity contribution in [2.75, 3.05) is 13.1 Å². The van der Waals surface area contributed by atoms with Crippen LogP contribution in [-0.2, 0) is 9.59 Å². The fourth-order valence-corrected chi connectivity index (χ4v) is 1.88. The maximum absolute atomic E-state index is 11.8. The van der Waals surface area contributed by atoms with Gasteiger partial charge in [-0.05, 0) is 33.6 Å². The standard InChI is InChI=1S/C11H19NO3/c1-8(13)9-5-4-6-12(7-9)10(14)11(2,3)15/h9,15H,4-7H2,1-3H3. The van der Waals surface area contributed by atoms with Crippen LogP contribution in [0.2, 0.25) is 0 Å². The van der Waals surface area contributed by atoms with E-state index in [0.29, 0.717) is 13.1 Å². The zero-order chi connectivity index (χ0) is 11.6. The Morgan fingerprint density at radius 3 is 2.47 bits per heavy atom. The van der Waals surface area contributed by atoms with Crippen LogP contribution in [0.1, 0.15) is 33.6 Å². The molecule has 86 valence electrons. The van der Waals surface area contributed by atoms with Crippen LogP contribution in [0.3, 0.4) is 0 Å². The van der Waals surface area contributed by atoms with E-state index in [1.807, 2.05) is 0 Å². The predicted octanol–water partition coefficient (Wildman–Crippen LogP) is 0.585. The van der Waals surface area contributed by atoms with Crippen LogP contribution in [0.25, 0.3) is 0 Å². The predicted molar refractivity (Wildman–Crippen MR) is 56.3 cm³/mol. The number of carbonyl (C=O) groups excluding carboxylic acids is 2. The Kier molecular flexibility index (Phi) is 3.50. The Balaban J connectivity index is 2.64. The van der Waals surface area contributed by atoms with Crippen molar-refractivity contribution in [3.05, 3.63) is 0 Å². The van der Waals surface area contributed by atoms with Crippen molar-refractivity contribution in [3.63, 3.8) is 0 Å². The fourth-order valence-electron chi connectivity index (χ4n) is 1.88. The van der Waals surface area contributed by atoms with Gasteiger partial charge in [-0.2, -0.15) is 0 Å². The molecule has 1 fully saturated rings. The summed E-state index contributed by atoms with van der Waals surface area (Å²) in [6.07, 6.45) is 1.69. The molecule has 0 saturated carbocycles. The van der Waals surface area contributed by atoms with Crippen LogP contribution in [0, 0.1) is 5.92 Å². The van der Waals surface area contributed by atoms with Gasteiger partial charge in [-0.25, -0.2) is 0 Å². The Bertz CT molecular complexity index is 267. The van der Waals surface area contributed by atoms with Gasteiger partial charge < -0.3 is 10.0 Å². The molecule has 1 rings (SSSR count). The molecule has 1 aliphatic rings. The summed E-state index contributed by atoms with van der Waals surface area (Å²) < 4.78 is 0. The highest BCUT2D eigenvalue weighted by Crippen LogP contribution is 2.20. The van der Waals surface area contributed by atoms with Crippen molar-refractivity contribution < 1.29 is 14.7 Å². The zero-order valence-electron chi connectivity index (χ0n) is 9.62. The number of Topliss-reactive ketones (excluding diaryl/α,β-unsaturated/α-hetero) is 1. The molecular formula is C11H19NO3. The van der Waals surface area contributed by atoms with E-state index >= 15 is 0 Å². The Morgan fingerprint density at radius 2 is 2.00 bits per heavy atom. The Labute approximate surface area is 90.3 Å². The van der Waals surface area contributed by atoms with Gasteiger partial charge in [-0.15, -0.1) is 0 Å². The van der Waals surface area contributed by atoms with Crippen LogP contribution >= 0.6 is 0 Å². The summed E-state index contributed by atoms with van der Waals surface area (Å²) in [5.41, 5.74) is -1.33. The third kappa shape index (κ3) is 3.02. The highest BCUT2D eigenvalue weighted by Gasteiger charge is 2.33. The molecule has 0 bridgehead atoms. The molecule has 1 heterocycles. The topological polar surface area (TPSA) is 57.6 Å². The molecule has 0 aliphatic carbocycles. The summed E-state index contributed by atoms with van der Waals surface area (Å²) in [6, 6.07) is 0. The number of hydrogen-bond acceptors (Lipinski definition) is 3. The number of hydrogen-bond donors (Lipinski definition) is 1. The molecule has 4 heteroatoms. The number of amides is 1. The van der Waals surface area contributed by atoms with E-state index < -0.39 is 5.60 Å². The van der Waals surface area contributed by atoms with Gasteiger partial charge in [-0.1, -0.05) is 0 Å². The average molecular weight is 213 g/mol. The summed E-state index contributed by atoms with van der Waals surface area (Å²) in [6.45, 7) is 5.62. The number of rotatable bonds is 2. The van der Waals surface area contributed by atoms with Gasteiger partial charge in [0, 0.05) is 19.0 Å². The molecule has 0 aromatic heterocycles. The van der Waals surface area contributed by atoms with Crippen molar-refractivity contribution in [2.45, 2.75) is 39.2 Å². The van der Waals surface area contributed by atoms with E-state index in [2.05, 4.69) is 0 Å².